The summed E-state index contributed by atoms with van der Waals surface area (Å²) in [6.45, 7) is 2.49. The first-order chi connectivity index (χ1) is 9.21. The van der Waals surface area contributed by atoms with E-state index in [2.05, 4.69) is 83.2 Å². The highest BCUT2D eigenvalue weighted by molar-refractivity contribution is 9.10. The zero-order chi connectivity index (χ0) is 13.3. The first-order valence-corrected chi connectivity index (χ1v) is 9.99. The summed E-state index contributed by atoms with van der Waals surface area (Å²) in [5.74, 6) is 0. The van der Waals surface area contributed by atoms with Gasteiger partial charge in [-0.25, -0.2) is 0 Å². The zero-order valence-corrected chi connectivity index (χ0v) is 13.7. The van der Waals surface area contributed by atoms with Crippen LogP contribution in [0.25, 0.3) is 0 Å². The van der Waals surface area contributed by atoms with Gasteiger partial charge in [0.2, 0.25) is 0 Å². The number of rotatable bonds is 3. The largest absolute Gasteiger partial charge is 0.137 e. The minimum absolute atomic E-state index is 1.12. The molecule has 0 unspecified atom stereocenters. The average Bonchev–Trinajstić information content (AvgIpc) is 3.12. The Morgan fingerprint density at radius 2 is 1.42 bits per heavy atom. The molecule has 2 heteroatoms. The Bertz CT molecular complexity index is 573. The van der Waals surface area contributed by atoms with Gasteiger partial charge in [-0.3, -0.25) is 0 Å². The van der Waals surface area contributed by atoms with Gasteiger partial charge in [0.1, 0.15) is 8.07 Å². The Labute approximate surface area is 124 Å². The monoisotopic (exact) mass is 328 g/mol. The lowest BCUT2D eigenvalue weighted by atomic mass is 10.4. The summed E-state index contributed by atoms with van der Waals surface area (Å²) in [4.78, 5) is 0. The average molecular weight is 329 g/mol. The van der Waals surface area contributed by atoms with Gasteiger partial charge in [0.15, 0.2) is 0 Å². The smallest absolute Gasteiger partial charge is 0.0808 e. The van der Waals surface area contributed by atoms with Crippen LogP contribution in [0.5, 0.6) is 0 Å². The summed E-state index contributed by atoms with van der Waals surface area (Å²) >= 11 is 3.54. The summed E-state index contributed by atoms with van der Waals surface area (Å²) in [5.41, 5.74) is 0. The van der Waals surface area contributed by atoms with E-state index in [1.54, 1.807) is 10.4 Å². The van der Waals surface area contributed by atoms with E-state index in [4.69, 9.17) is 0 Å². The van der Waals surface area contributed by atoms with Crippen LogP contribution in [0.3, 0.4) is 0 Å². The Kier molecular flexibility index (Phi) is 3.46. The molecule has 19 heavy (non-hydrogen) atoms. The zero-order valence-electron chi connectivity index (χ0n) is 11.1. The number of halogens is 1. The van der Waals surface area contributed by atoms with Crippen molar-refractivity contribution in [1.29, 1.82) is 0 Å². The van der Waals surface area contributed by atoms with Crippen molar-refractivity contribution in [3.05, 3.63) is 75.6 Å². The molecule has 2 aliphatic carbocycles. The predicted octanol–water partition coefficient (Wildman–Crippen LogP) is 4.59. The molecule has 0 aliphatic heterocycles. The molecule has 0 radical (unpaired) electrons. The second-order valence-electron chi connectivity index (χ2n) is 5.28. The topological polar surface area (TPSA) is 0 Å². The molecule has 0 heterocycles. The molecular formula is C17H17BrSi. The van der Waals surface area contributed by atoms with Crippen molar-refractivity contribution >= 4 is 29.2 Å². The molecule has 0 bridgehead atoms. The van der Waals surface area contributed by atoms with Crippen LogP contribution in [0.1, 0.15) is 12.8 Å². The third kappa shape index (κ3) is 2.24. The quantitative estimate of drug-likeness (QED) is 0.712. The van der Waals surface area contributed by atoms with E-state index in [1.165, 1.54) is 5.19 Å². The van der Waals surface area contributed by atoms with Crippen molar-refractivity contribution in [2.24, 2.45) is 0 Å². The summed E-state index contributed by atoms with van der Waals surface area (Å²) < 4.78 is 1.16. The maximum absolute atomic E-state index is 3.54. The normalized spacial score (nSPS) is 17.8. The van der Waals surface area contributed by atoms with E-state index < -0.39 is 8.07 Å². The summed E-state index contributed by atoms with van der Waals surface area (Å²) in [6, 6.07) is 8.95. The Morgan fingerprint density at radius 3 is 1.84 bits per heavy atom. The highest BCUT2D eigenvalue weighted by atomic mass is 79.9. The fourth-order valence-corrected chi connectivity index (χ4v) is 7.16. The van der Waals surface area contributed by atoms with Gasteiger partial charge >= 0.3 is 0 Å². The van der Waals surface area contributed by atoms with E-state index in [0.29, 0.717) is 0 Å². The molecular weight excluding hydrogens is 312 g/mol. The molecule has 0 aromatic heterocycles. The summed E-state index contributed by atoms with van der Waals surface area (Å²) in [5, 5.41) is 4.77. The lowest BCUT2D eigenvalue weighted by molar-refractivity contribution is 1.31. The fourth-order valence-electron chi connectivity index (χ4n) is 3.00. The Morgan fingerprint density at radius 1 is 0.895 bits per heavy atom. The van der Waals surface area contributed by atoms with Crippen LogP contribution in [0.4, 0.5) is 0 Å². The maximum atomic E-state index is 3.54. The van der Waals surface area contributed by atoms with E-state index in [0.717, 1.165) is 17.3 Å². The molecule has 3 rings (SSSR count). The van der Waals surface area contributed by atoms with Crippen molar-refractivity contribution in [1.82, 2.24) is 0 Å². The summed E-state index contributed by atoms with van der Waals surface area (Å²) in [6.07, 6.45) is 15.9. The van der Waals surface area contributed by atoms with Crippen molar-refractivity contribution in [2.75, 3.05) is 0 Å². The third-order valence-corrected chi connectivity index (χ3v) is 9.58. The van der Waals surface area contributed by atoms with Crippen molar-refractivity contribution in [3.63, 3.8) is 0 Å². The summed E-state index contributed by atoms with van der Waals surface area (Å²) in [7, 11) is -1.71. The number of allylic oxidation sites excluding steroid dienone is 8. The Hall–Kier alpha value is -1.12. The van der Waals surface area contributed by atoms with Crippen LogP contribution in [0.2, 0.25) is 6.55 Å². The van der Waals surface area contributed by atoms with Gasteiger partial charge in [0.05, 0.1) is 0 Å². The van der Waals surface area contributed by atoms with Crippen LogP contribution >= 0.6 is 15.9 Å². The number of hydrogen-bond acceptors (Lipinski definition) is 0. The molecule has 1 aromatic rings. The minimum Gasteiger partial charge on any atom is -0.0808 e. The van der Waals surface area contributed by atoms with Crippen molar-refractivity contribution in [3.8, 4) is 0 Å². The molecule has 96 valence electrons. The molecule has 0 fully saturated rings. The molecule has 0 nitrogen and oxygen atoms in total. The van der Waals surface area contributed by atoms with Crippen LogP contribution in [-0.4, -0.2) is 8.07 Å². The van der Waals surface area contributed by atoms with Crippen LogP contribution < -0.4 is 5.19 Å². The molecule has 1 aromatic carbocycles. The van der Waals surface area contributed by atoms with E-state index >= 15 is 0 Å². The number of hydrogen-bond donors (Lipinski definition) is 0. The molecule has 0 saturated carbocycles. The molecule has 0 saturated heterocycles. The first kappa shape index (κ1) is 12.9. The van der Waals surface area contributed by atoms with Gasteiger partial charge < -0.3 is 0 Å². The van der Waals surface area contributed by atoms with E-state index in [-0.39, 0.29) is 0 Å². The standard InChI is InChI=1S/C17H17BrSi/c1-19(15-6-2-3-7-15,16-8-4-5-9-16)17-12-10-14(18)11-13-17/h2-6,8,10-13H,7,9H2,1H3. The van der Waals surface area contributed by atoms with Gasteiger partial charge in [0.25, 0.3) is 0 Å². The molecule has 2 aliphatic rings. The third-order valence-electron chi connectivity index (χ3n) is 4.25. The molecule has 0 atom stereocenters. The fraction of sp³-hybridized carbons (Fsp3) is 0.176. The predicted molar refractivity (Wildman–Crippen MR) is 89.1 cm³/mol. The molecule has 0 N–H and O–H groups in total. The van der Waals surface area contributed by atoms with Crippen LogP contribution in [0, 0.1) is 0 Å². The van der Waals surface area contributed by atoms with Gasteiger partial charge in [-0.2, -0.15) is 0 Å². The van der Waals surface area contributed by atoms with Gasteiger partial charge in [-0.15, -0.1) is 0 Å². The minimum atomic E-state index is -1.71. The lowest BCUT2D eigenvalue weighted by Gasteiger charge is -2.31. The maximum Gasteiger partial charge on any atom is 0.137 e. The van der Waals surface area contributed by atoms with Crippen LogP contribution in [0.15, 0.2) is 75.6 Å². The highest BCUT2D eigenvalue weighted by Crippen LogP contribution is 2.33. The number of benzene rings is 1. The highest BCUT2D eigenvalue weighted by Gasteiger charge is 2.37. The molecule has 0 spiro atoms. The Balaban J connectivity index is 2.08. The second kappa shape index (κ2) is 5.10. The van der Waals surface area contributed by atoms with Crippen molar-refractivity contribution in [2.45, 2.75) is 19.4 Å². The second-order valence-corrected chi connectivity index (χ2v) is 10.3. The van der Waals surface area contributed by atoms with Gasteiger partial charge in [-0.1, -0.05) is 86.6 Å². The van der Waals surface area contributed by atoms with Crippen molar-refractivity contribution < 1.29 is 0 Å². The first-order valence-electron chi connectivity index (χ1n) is 6.69. The molecule has 0 amide bonds. The SMILES string of the molecule is C[Si](C1=CC=CC1)(C1=CC=CC1)c1ccc(Br)cc1. The van der Waals surface area contributed by atoms with Gasteiger partial charge in [-0.05, 0) is 25.0 Å². The van der Waals surface area contributed by atoms with E-state index in [1.807, 2.05) is 0 Å². The van der Waals surface area contributed by atoms with Crippen LogP contribution in [-0.2, 0) is 0 Å². The van der Waals surface area contributed by atoms with E-state index in [9.17, 15) is 0 Å². The lowest BCUT2D eigenvalue weighted by Crippen LogP contribution is -2.48. The van der Waals surface area contributed by atoms with Gasteiger partial charge in [0, 0.05) is 4.47 Å².